The number of H-pyrrole nitrogens is 1. The topological polar surface area (TPSA) is 117 Å². The highest BCUT2D eigenvalue weighted by Gasteiger charge is 2.30. The summed E-state index contributed by atoms with van der Waals surface area (Å²) in [6.45, 7) is -0.533. The second-order valence-electron chi connectivity index (χ2n) is 5.36. The third-order valence-electron chi connectivity index (χ3n) is 3.78. The van der Waals surface area contributed by atoms with Crippen LogP contribution in [0.15, 0.2) is 64.1 Å². The Bertz CT molecular complexity index is 924. The van der Waals surface area contributed by atoms with Crippen molar-refractivity contribution >= 4 is 5.82 Å². The first-order chi connectivity index (χ1) is 12.1. The van der Waals surface area contributed by atoms with Crippen LogP contribution in [0.4, 0.5) is 5.82 Å². The van der Waals surface area contributed by atoms with E-state index < -0.39 is 23.8 Å². The molecule has 7 heteroatoms. The van der Waals surface area contributed by atoms with Crippen molar-refractivity contribution < 1.29 is 24.7 Å². The van der Waals surface area contributed by atoms with E-state index in [9.17, 15) is 20.1 Å². The molecule has 0 spiro atoms. The molecule has 25 heavy (non-hydrogen) atoms. The minimum Gasteiger partial charge on any atom is -0.507 e. The van der Waals surface area contributed by atoms with Crippen LogP contribution in [0.1, 0.15) is 22.9 Å². The molecule has 0 amide bonds. The number of nitrogens with one attached hydrogen (secondary N) is 2. The number of rotatable bonds is 5. The van der Waals surface area contributed by atoms with Gasteiger partial charge in [-0.05, 0) is 12.1 Å². The number of benzene rings is 1. The molecule has 3 aromatic rings. The fraction of sp³-hybridized carbons (Fsp3) is 0.111. The van der Waals surface area contributed by atoms with Gasteiger partial charge >= 0.3 is 0 Å². The first-order valence-electron chi connectivity index (χ1n) is 7.57. The number of phenols is 1. The van der Waals surface area contributed by atoms with Crippen LogP contribution < -0.4 is 15.7 Å². The number of aromatic hydroxyl groups is 2. The number of pyridine rings is 1. The fourth-order valence-electron chi connectivity index (χ4n) is 2.60. The molecule has 0 fully saturated rings. The van der Waals surface area contributed by atoms with E-state index in [1.807, 2.05) is 0 Å². The van der Waals surface area contributed by atoms with E-state index in [1.54, 1.807) is 42.6 Å². The maximum Gasteiger partial charge on any atom is 0.272 e. The third kappa shape index (κ3) is 3.31. The van der Waals surface area contributed by atoms with Crippen molar-refractivity contribution in [3.8, 4) is 11.5 Å². The van der Waals surface area contributed by atoms with Crippen LogP contribution in [-0.2, 0) is 6.61 Å². The SMILES string of the molecule is O=c1c(O)coc(CO)c1[C@H](Nc1cccc[nH+]1)c1ccccc1O. The molecule has 0 aliphatic heterocycles. The summed E-state index contributed by atoms with van der Waals surface area (Å²) >= 11 is 0. The summed E-state index contributed by atoms with van der Waals surface area (Å²) in [5, 5.41) is 32.7. The Balaban J connectivity index is 2.21. The first kappa shape index (κ1) is 16.5. The summed E-state index contributed by atoms with van der Waals surface area (Å²) in [5.74, 6) is -0.0455. The molecule has 0 saturated heterocycles. The van der Waals surface area contributed by atoms with E-state index >= 15 is 0 Å². The Kier molecular flexibility index (Phi) is 4.67. The Hall–Kier alpha value is -3.32. The van der Waals surface area contributed by atoms with Gasteiger partial charge in [0, 0.05) is 11.6 Å². The van der Waals surface area contributed by atoms with E-state index in [0.717, 1.165) is 6.26 Å². The number of aliphatic hydroxyl groups is 1. The van der Waals surface area contributed by atoms with Crippen LogP contribution in [0, 0.1) is 0 Å². The van der Waals surface area contributed by atoms with Gasteiger partial charge in [0.05, 0.1) is 11.8 Å². The minimum absolute atomic E-state index is 0.000478. The van der Waals surface area contributed by atoms with E-state index in [0.29, 0.717) is 11.4 Å². The van der Waals surface area contributed by atoms with Gasteiger partial charge in [0.1, 0.15) is 24.4 Å². The molecular weight excluding hydrogens is 324 g/mol. The van der Waals surface area contributed by atoms with Crippen molar-refractivity contribution in [1.82, 2.24) is 0 Å². The molecule has 0 aliphatic carbocycles. The van der Waals surface area contributed by atoms with Crippen LogP contribution in [0.3, 0.4) is 0 Å². The minimum atomic E-state index is -0.856. The number of aliphatic hydroxyl groups excluding tert-OH is 1. The van der Waals surface area contributed by atoms with Crippen molar-refractivity contribution in [3.63, 3.8) is 0 Å². The molecule has 0 radical (unpaired) electrons. The van der Waals surface area contributed by atoms with Gasteiger partial charge in [0.15, 0.2) is 11.8 Å². The molecule has 3 rings (SSSR count). The molecule has 128 valence electrons. The lowest BCUT2D eigenvalue weighted by Crippen LogP contribution is -2.25. The monoisotopic (exact) mass is 341 g/mol. The molecular formula is C18H17N2O5+. The van der Waals surface area contributed by atoms with Gasteiger partial charge < -0.3 is 19.7 Å². The number of hydrogen-bond donors (Lipinski definition) is 4. The molecule has 0 unspecified atom stereocenters. The molecule has 2 aromatic heterocycles. The summed E-state index contributed by atoms with van der Waals surface area (Å²) < 4.78 is 5.17. The number of aromatic amines is 1. The lowest BCUT2D eigenvalue weighted by Gasteiger charge is -2.17. The Morgan fingerprint density at radius 1 is 1.08 bits per heavy atom. The van der Waals surface area contributed by atoms with E-state index in [-0.39, 0.29) is 17.1 Å². The maximum atomic E-state index is 12.5. The Morgan fingerprint density at radius 2 is 1.84 bits per heavy atom. The molecule has 1 aromatic carbocycles. The second kappa shape index (κ2) is 7.06. The molecule has 7 nitrogen and oxygen atoms in total. The smallest absolute Gasteiger partial charge is 0.272 e. The fourth-order valence-corrected chi connectivity index (χ4v) is 2.60. The zero-order valence-electron chi connectivity index (χ0n) is 13.1. The van der Waals surface area contributed by atoms with Crippen LogP contribution >= 0.6 is 0 Å². The molecule has 0 bridgehead atoms. The molecule has 5 N–H and O–H groups in total. The number of aromatic nitrogens is 1. The quantitative estimate of drug-likeness (QED) is 0.559. The highest BCUT2D eigenvalue weighted by molar-refractivity contribution is 5.48. The highest BCUT2D eigenvalue weighted by atomic mass is 16.4. The molecule has 0 saturated carbocycles. The normalized spacial score (nSPS) is 11.9. The van der Waals surface area contributed by atoms with Gasteiger partial charge in [-0.2, -0.15) is 0 Å². The van der Waals surface area contributed by atoms with Gasteiger partial charge in [-0.25, -0.2) is 4.98 Å². The van der Waals surface area contributed by atoms with Crippen molar-refractivity contribution in [2.45, 2.75) is 12.6 Å². The van der Waals surface area contributed by atoms with E-state index in [4.69, 9.17) is 4.42 Å². The van der Waals surface area contributed by atoms with Gasteiger partial charge in [-0.1, -0.05) is 24.3 Å². The maximum absolute atomic E-state index is 12.5. The molecule has 0 aliphatic rings. The van der Waals surface area contributed by atoms with Crippen molar-refractivity contribution in [3.05, 3.63) is 82.0 Å². The molecule has 2 heterocycles. The Morgan fingerprint density at radius 3 is 2.52 bits per heavy atom. The predicted octanol–water partition coefficient (Wildman–Crippen LogP) is 1.56. The predicted molar refractivity (Wildman–Crippen MR) is 89.1 cm³/mol. The number of hydrogen-bond acceptors (Lipinski definition) is 6. The van der Waals surface area contributed by atoms with Gasteiger partial charge in [0.25, 0.3) is 5.82 Å². The van der Waals surface area contributed by atoms with Crippen molar-refractivity contribution in [1.29, 1.82) is 0 Å². The zero-order chi connectivity index (χ0) is 17.8. The number of phenolic OH excluding ortho intramolecular Hbond substituents is 1. The zero-order valence-corrected chi connectivity index (χ0v) is 13.1. The average molecular weight is 341 g/mol. The van der Waals surface area contributed by atoms with Crippen LogP contribution in [0.5, 0.6) is 11.5 Å². The second-order valence-corrected chi connectivity index (χ2v) is 5.36. The van der Waals surface area contributed by atoms with Gasteiger partial charge in [-0.15, -0.1) is 0 Å². The van der Waals surface area contributed by atoms with Gasteiger partial charge in [0.2, 0.25) is 5.43 Å². The Labute approximate surface area is 142 Å². The van der Waals surface area contributed by atoms with Crippen molar-refractivity contribution in [2.75, 3.05) is 5.32 Å². The van der Waals surface area contributed by atoms with Crippen molar-refractivity contribution in [2.24, 2.45) is 0 Å². The summed E-state index contributed by atoms with van der Waals surface area (Å²) in [6, 6.07) is 11.0. The average Bonchev–Trinajstić information content (AvgIpc) is 2.64. The standard InChI is InChI=1S/C18H16N2O5/c21-9-14-16(18(24)13(23)10-25-14)17(11-5-1-2-6-12(11)22)20-15-7-3-4-8-19-15/h1-8,10,17,21-23H,9H2,(H,19,20)/p+1/t17-/m1/s1. The lowest BCUT2D eigenvalue weighted by molar-refractivity contribution is -0.361. The van der Waals surface area contributed by atoms with Crippen LogP contribution in [0.25, 0.3) is 0 Å². The number of anilines is 1. The highest BCUT2D eigenvalue weighted by Crippen LogP contribution is 2.32. The third-order valence-corrected chi connectivity index (χ3v) is 3.78. The number of para-hydroxylation sites is 1. The summed E-state index contributed by atoms with van der Waals surface area (Å²) in [7, 11) is 0. The molecule has 1 atom stereocenters. The first-order valence-corrected chi connectivity index (χ1v) is 7.57. The van der Waals surface area contributed by atoms with E-state index in [2.05, 4.69) is 10.3 Å². The summed E-state index contributed by atoms with van der Waals surface area (Å²) in [4.78, 5) is 15.5. The largest absolute Gasteiger partial charge is 0.507 e. The lowest BCUT2D eigenvalue weighted by atomic mass is 9.96. The summed E-state index contributed by atoms with van der Waals surface area (Å²) in [5.41, 5.74) is -0.277. The van der Waals surface area contributed by atoms with Gasteiger partial charge in [-0.3, -0.25) is 10.1 Å². The van der Waals surface area contributed by atoms with E-state index in [1.165, 1.54) is 6.07 Å². The van der Waals surface area contributed by atoms with Crippen LogP contribution in [0.2, 0.25) is 0 Å². The summed E-state index contributed by atoms with van der Waals surface area (Å²) in [6.07, 6.45) is 2.58. The van der Waals surface area contributed by atoms with Crippen LogP contribution in [-0.4, -0.2) is 15.3 Å².